The van der Waals surface area contributed by atoms with Gasteiger partial charge in [-0.2, -0.15) is 8.42 Å². The second-order valence-corrected chi connectivity index (χ2v) is 6.76. The number of fused-ring (bicyclic) bond motifs is 1. The maximum atomic E-state index is 11.2. The van der Waals surface area contributed by atoms with E-state index in [1.54, 1.807) is 12.1 Å². The molecule has 4 nitrogen and oxygen atoms in total. The van der Waals surface area contributed by atoms with Gasteiger partial charge >= 0.3 is 51.4 Å². The first-order chi connectivity index (χ1) is 8.19. The van der Waals surface area contributed by atoms with Crippen LogP contribution in [0.15, 0.2) is 23.1 Å². The van der Waals surface area contributed by atoms with Gasteiger partial charge in [0.1, 0.15) is 0 Å². The first-order valence-electron chi connectivity index (χ1n) is 6.08. The van der Waals surface area contributed by atoms with Crippen LogP contribution in [0.1, 0.15) is 34.7 Å². The molecule has 19 heavy (non-hydrogen) atoms. The Balaban J connectivity index is 0.00000180. The third kappa shape index (κ3) is 2.95. The minimum Gasteiger partial charge on any atom is -1.00 e. The number of anilines is 1. The molecule has 0 bridgehead atoms. The Bertz CT molecular complexity index is 589. The topological polar surface area (TPSA) is 57.6 Å². The number of hydrogen-bond donors (Lipinski definition) is 1. The molecule has 0 aromatic heterocycles. The Morgan fingerprint density at radius 2 is 2.00 bits per heavy atom. The summed E-state index contributed by atoms with van der Waals surface area (Å²) in [5, 5.41) is 0. The average Bonchev–Trinajstić information content (AvgIpc) is 2.46. The maximum absolute atomic E-state index is 11.2. The molecule has 1 aliphatic rings. The first-order valence-corrected chi connectivity index (χ1v) is 7.52. The van der Waals surface area contributed by atoms with Crippen LogP contribution in [0.4, 0.5) is 5.69 Å². The smallest absolute Gasteiger partial charge is 1.00 e. The van der Waals surface area contributed by atoms with Gasteiger partial charge in [0.05, 0.1) is 4.90 Å². The summed E-state index contributed by atoms with van der Waals surface area (Å²) in [6.45, 7) is 9.29. The summed E-state index contributed by atoms with van der Waals surface area (Å²) in [4.78, 5) is 2.22. The minimum atomic E-state index is -4.13. The Morgan fingerprint density at radius 3 is 2.47 bits per heavy atom. The van der Waals surface area contributed by atoms with Gasteiger partial charge in [-0.15, -0.1) is 0 Å². The zero-order valence-electron chi connectivity index (χ0n) is 13.1. The minimum absolute atomic E-state index is 0. The molecule has 1 unspecified atom stereocenters. The molecule has 102 valence electrons. The summed E-state index contributed by atoms with van der Waals surface area (Å²) in [7, 11) is -4.13. The fraction of sp³-hybridized carbons (Fsp3) is 0.538. The molecule has 0 saturated carbocycles. The van der Waals surface area contributed by atoms with Crippen LogP contribution in [0.3, 0.4) is 0 Å². The first kappa shape index (κ1) is 17.6. The van der Waals surface area contributed by atoms with E-state index in [1.807, 2.05) is 0 Å². The second kappa shape index (κ2) is 5.75. The number of nitrogens with zero attached hydrogens (tertiary/aromatic N) is 1. The quantitative estimate of drug-likeness (QED) is 0.594. The van der Waals surface area contributed by atoms with Crippen LogP contribution in [-0.4, -0.2) is 25.6 Å². The van der Waals surface area contributed by atoms with Gasteiger partial charge in [0.2, 0.25) is 0 Å². The van der Waals surface area contributed by atoms with Crippen molar-refractivity contribution in [3.63, 3.8) is 0 Å². The van der Waals surface area contributed by atoms with Crippen LogP contribution >= 0.6 is 0 Å². The van der Waals surface area contributed by atoms with Gasteiger partial charge in [-0.1, -0.05) is 13.8 Å². The summed E-state index contributed by atoms with van der Waals surface area (Å²) in [5.41, 5.74) is 1.90. The SMILES string of the molecule is CCN1c2ccc(S(=O)(=O)O)cc2C(C)(C)C1C.[H-].[K+]. The molecule has 0 spiro atoms. The molecule has 1 atom stereocenters. The molecule has 0 fully saturated rings. The number of hydrogen-bond acceptors (Lipinski definition) is 3. The predicted molar refractivity (Wildman–Crippen MR) is 72.9 cm³/mol. The van der Waals surface area contributed by atoms with Crippen LogP contribution in [-0.2, 0) is 15.5 Å². The van der Waals surface area contributed by atoms with Crippen molar-refractivity contribution in [3.8, 4) is 0 Å². The summed E-state index contributed by atoms with van der Waals surface area (Å²) in [5.74, 6) is 0. The molecule has 1 N–H and O–H groups in total. The van der Waals surface area contributed by atoms with E-state index >= 15 is 0 Å². The van der Waals surface area contributed by atoms with E-state index in [9.17, 15) is 8.42 Å². The van der Waals surface area contributed by atoms with Crippen molar-refractivity contribution in [1.29, 1.82) is 0 Å². The van der Waals surface area contributed by atoms with E-state index in [1.165, 1.54) is 6.07 Å². The third-order valence-corrected chi connectivity index (χ3v) is 4.97. The van der Waals surface area contributed by atoms with Crippen LogP contribution in [0.25, 0.3) is 0 Å². The Kier molecular flexibility index (Phi) is 5.33. The molecule has 1 heterocycles. The van der Waals surface area contributed by atoms with Crippen molar-refractivity contribution >= 4 is 15.8 Å². The zero-order valence-corrected chi connectivity index (χ0v) is 16.1. The van der Waals surface area contributed by atoms with Gasteiger partial charge in [0, 0.05) is 23.7 Å². The van der Waals surface area contributed by atoms with Crippen LogP contribution < -0.4 is 56.3 Å². The van der Waals surface area contributed by atoms with Gasteiger partial charge in [0.15, 0.2) is 0 Å². The molecule has 1 aromatic carbocycles. The molecule has 1 aromatic rings. The average molecular weight is 309 g/mol. The van der Waals surface area contributed by atoms with Crippen molar-refractivity contribution in [1.82, 2.24) is 0 Å². The van der Waals surface area contributed by atoms with Crippen LogP contribution in [0.5, 0.6) is 0 Å². The van der Waals surface area contributed by atoms with Gasteiger partial charge in [-0.25, -0.2) is 0 Å². The van der Waals surface area contributed by atoms with E-state index in [0.29, 0.717) is 6.04 Å². The summed E-state index contributed by atoms with van der Waals surface area (Å²) < 4.78 is 31.6. The number of benzene rings is 1. The fourth-order valence-corrected chi connectivity index (χ4v) is 3.22. The summed E-state index contributed by atoms with van der Waals surface area (Å²) >= 11 is 0. The fourth-order valence-electron chi connectivity index (χ4n) is 2.71. The van der Waals surface area contributed by atoms with E-state index in [2.05, 4.69) is 32.6 Å². The van der Waals surface area contributed by atoms with Gasteiger partial charge < -0.3 is 6.33 Å². The zero-order chi connectivity index (χ0) is 13.7. The van der Waals surface area contributed by atoms with E-state index in [4.69, 9.17) is 4.55 Å². The largest absolute Gasteiger partial charge is 1.00 e. The second-order valence-electron chi connectivity index (χ2n) is 5.34. The maximum Gasteiger partial charge on any atom is 1.00 e. The number of likely N-dealkylation sites (N-methyl/N-ethyl adjacent to an activating group) is 1. The van der Waals surface area contributed by atoms with Crippen molar-refractivity contribution in [2.24, 2.45) is 0 Å². The molecular weight excluding hydrogens is 289 g/mol. The molecule has 0 amide bonds. The predicted octanol–water partition coefficient (Wildman–Crippen LogP) is -0.444. The molecule has 0 saturated heterocycles. The summed E-state index contributed by atoms with van der Waals surface area (Å²) in [6.07, 6.45) is 0. The van der Waals surface area contributed by atoms with Crippen molar-refractivity contribution in [2.45, 2.75) is 44.0 Å². The van der Waals surface area contributed by atoms with Crippen molar-refractivity contribution in [3.05, 3.63) is 23.8 Å². The van der Waals surface area contributed by atoms with E-state index in [-0.39, 0.29) is 63.1 Å². The molecule has 6 heteroatoms. The standard InChI is InChI=1S/C13H19NO3S.K.H/c1-5-14-9(2)13(3,4)11-8-10(18(15,16)17)6-7-12(11)14;;/h6-9H,5H2,1-4H3,(H,15,16,17);;/q;+1;-1. The normalized spacial score (nSPS) is 20.9. The van der Waals surface area contributed by atoms with Crippen LogP contribution in [0, 0.1) is 0 Å². The Labute approximate surface area is 159 Å². The summed E-state index contributed by atoms with van der Waals surface area (Å²) in [6, 6.07) is 5.14. The van der Waals surface area contributed by atoms with E-state index < -0.39 is 10.1 Å². The van der Waals surface area contributed by atoms with Gasteiger partial charge in [-0.3, -0.25) is 4.55 Å². The van der Waals surface area contributed by atoms with E-state index in [0.717, 1.165) is 17.8 Å². The van der Waals surface area contributed by atoms with Crippen LogP contribution in [0.2, 0.25) is 0 Å². The molecule has 0 aliphatic carbocycles. The molecule has 1 aliphatic heterocycles. The molecular formula is C13H20KNO3S. The molecule has 0 radical (unpaired) electrons. The Morgan fingerprint density at radius 1 is 1.42 bits per heavy atom. The number of rotatable bonds is 2. The monoisotopic (exact) mass is 309 g/mol. The van der Waals surface area contributed by atoms with Crippen molar-refractivity contribution < 1.29 is 65.8 Å². The van der Waals surface area contributed by atoms with Gasteiger partial charge in [0.25, 0.3) is 10.1 Å². The Hall–Kier alpha value is 0.566. The van der Waals surface area contributed by atoms with Crippen molar-refractivity contribution in [2.75, 3.05) is 11.4 Å². The van der Waals surface area contributed by atoms with Gasteiger partial charge in [-0.05, 0) is 37.6 Å². The molecule has 2 rings (SSSR count). The third-order valence-electron chi connectivity index (χ3n) is 4.12.